The topological polar surface area (TPSA) is 98.5 Å². The van der Waals surface area contributed by atoms with E-state index >= 15 is 0 Å². The van der Waals surface area contributed by atoms with Crippen LogP contribution in [0.5, 0.6) is 5.75 Å². The number of hydrogen-bond donors (Lipinski definition) is 2. The van der Waals surface area contributed by atoms with Crippen LogP contribution in [0.2, 0.25) is 10.0 Å². The summed E-state index contributed by atoms with van der Waals surface area (Å²) >= 11 is 11.8. The molecule has 6 nitrogen and oxygen atoms in total. The van der Waals surface area contributed by atoms with Gasteiger partial charge in [-0.25, -0.2) is 13.1 Å². The van der Waals surface area contributed by atoms with Crippen LogP contribution in [0, 0.1) is 0 Å². The van der Waals surface area contributed by atoms with Crippen LogP contribution in [-0.2, 0) is 21.4 Å². The van der Waals surface area contributed by atoms with Crippen LogP contribution in [0.15, 0.2) is 47.4 Å². The lowest BCUT2D eigenvalue weighted by atomic mass is 10.2. The number of carbonyl (C=O) groups excluding carboxylic acids is 1. The fourth-order valence-corrected chi connectivity index (χ4v) is 3.27. The Morgan fingerprint density at radius 1 is 1.12 bits per heavy atom. The third-order valence-electron chi connectivity index (χ3n) is 2.98. The minimum atomic E-state index is -3.72. The van der Waals surface area contributed by atoms with Crippen LogP contribution in [0.3, 0.4) is 0 Å². The lowest BCUT2D eigenvalue weighted by Crippen LogP contribution is -2.23. The number of benzene rings is 2. The minimum absolute atomic E-state index is 0.0261. The van der Waals surface area contributed by atoms with Crippen molar-refractivity contribution < 1.29 is 17.9 Å². The van der Waals surface area contributed by atoms with Gasteiger partial charge in [-0.2, -0.15) is 0 Å². The van der Waals surface area contributed by atoms with E-state index in [1.807, 2.05) is 0 Å². The van der Waals surface area contributed by atoms with Gasteiger partial charge in [0.1, 0.15) is 5.75 Å². The van der Waals surface area contributed by atoms with E-state index in [1.165, 1.54) is 30.3 Å². The maximum absolute atomic E-state index is 12.3. The Hall–Kier alpha value is -1.80. The van der Waals surface area contributed by atoms with Crippen molar-refractivity contribution in [2.45, 2.75) is 11.4 Å². The molecule has 0 fully saturated rings. The Balaban J connectivity index is 2.05. The summed E-state index contributed by atoms with van der Waals surface area (Å²) in [4.78, 5) is 10.7. The molecule has 0 heterocycles. The van der Waals surface area contributed by atoms with Gasteiger partial charge in [0, 0.05) is 16.6 Å². The van der Waals surface area contributed by atoms with Crippen molar-refractivity contribution in [3.63, 3.8) is 0 Å². The molecule has 0 aliphatic rings. The zero-order valence-electron chi connectivity index (χ0n) is 12.3. The van der Waals surface area contributed by atoms with Crippen molar-refractivity contribution in [2.24, 2.45) is 5.73 Å². The summed E-state index contributed by atoms with van der Waals surface area (Å²) in [5, 5.41) is 0.846. The van der Waals surface area contributed by atoms with Crippen molar-refractivity contribution in [1.82, 2.24) is 4.72 Å². The van der Waals surface area contributed by atoms with E-state index in [4.69, 9.17) is 33.7 Å². The van der Waals surface area contributed by atoms with Gasteiger partial charge in [-0.1, -0.05) is 29.3 Å². The van der Waals surface area contributed by atoms with Crippen LogP contribution in [0.1, 0.15) is 5.56 Å². The van der Waals surface area contributed by atoms with Gasteiger partial charge in [-0.15, -0.1) is 0 Å². The molecule has 24 heavy (non-hydrogen) atoms. The van der Waals surface area contributed by atoms with Crippen LogP contribution in [0.25, 0.3) is 0 Å². The molecular weight excluding hydrogens is 375 g/mol. The molecule has 0 saturated carbocycles. The molecule has 2 aromatic rings. The number of nitrogens with one attached hydrogen (secondary N) is 1. The summed E-state index contributed by atoms with van der Waals surface area (Å²) < 4.78 is 32.1. The second-order valence-electron chi connectivity index (χ2n) is 4.79. The van der Waals surface area contributed by atoms with E-state index in [9.17, 15) is 13.2 Å². The fourth-order valence-electron chi connectivity index (χ4n) is 1.79. The number of carbonyl (C=O) groups is 1. The van der Waals surface area contributed by atoms with Crippen LogP contribution >= 0.6 is 23.2 Å². The predicted octanol–water partition coefficient (Wildman–Crippen LogP) is 2.34. The molecule has 0 atom stereocenters. The second kappa shape index (κ2) is 7.85. The third kappa shape index (κ3) is 5.10. The Morgan fingerprint density at radius 2 is 1.79 bits per heavy atom. The van der Waals surface area contributed by atoms with Gasteiger partial charge in [-0.3, -0.25) is 4.79 Å². The lowest BCUT2D eigenvalue weighted by Gasteiger charge is -2.09. The molecule has 0 aliphatic heterocycles. The summed E-state index contributed by atoms with van der Waals surface area (Å²) in [6.07, 6.45) is 0. The second-order valence-corrected chi connectivity index (χ2v) is 7.40. The van der Waals surface area contributed by atoms with Gasteiger partial charge < -0.3 is 10.5 Å². The molecule has 1 amide bonds. The Labute approximate surface area is 149 Å². The van der Waals surface area contributed by atoms with E-state index in [2.05, 4.69) is 4.72 Å². The van der Waals surface area contributed by atoms with Crippen LogP contribution < -0.4 is 15.2 Å². The Kier molecular flexibility index (Phi) is 6.06. The highest BCUT2D eigenvalue weighted by Gasteiger charge is 2.14. The molecule has 3 N–H and O–H groups in total. The Morgan fingerprint density at radius 3 is 2.38 bits per heavy atom. The smallest absolute Gasteiger partial charge is 0.255 e. The van der Waals surface area contributed by atoms with Crippen molar-refractivity contribution >= 4 is 39.1 Å². The van der Waals surface area contributed by atoms with Gasteiger partial charge in [0.15, 0.2) is 6.61 Å². The number of halogens is 2. The van der Waals surface area contributed by atoms with Crippen molar-refractivity contribution in [3.8, 4) is 5.75 Å². The molecule has 0 aromatic heterocycles. The third-order valence-corrected chi connectivity index (χ3v) is 4.99. The van der Waals surface area contributed by atoms with Gasteiger partial charge in [0.05, 0.1) is 4.90 Å². The highest BCUT2D eigenvalue weighted by Crippen LogP contribution is 2.22. The normalized spacial score (nSPS) is 11.2. The number of nitrogens with two attached hydrogens (primary N) is 1. The van der Waals surface area contributed by atoms with E-state index in [0.717, 1.165) is 0 Å². The first-order valence-corrected chi connectivity index (χ1v) is 8.96. The van der Waals surface area contributed by atoms with E-state index in [0.29, 0.717) is 21.4 Å². The number of primary amides is 1. The van der Waals surface area contributed by atoms with Crippen molar-refractivity contribution in [1.29, 1.82) is 0 Å². The molecule has 0 radical (unpaired) electrons. The quantitative estimate of drug-likeness (QED) is 0.759. The molecule has 0 bridgehead atoms. The average Bonchev–Trinajstić information content (AvgIpc) is 2.52. The first-order valence-electron chi connectivity index (χ1n) is 6.73. The predicted molar refractivity (Wildman–Crippen MR) is 91.6 cm³/mol. The number of amides is 1. The zero-order valence-corrected chi connectivity index (χ0v) is 14.7. The highest BCUT2D eigenvalue weighted by molar-refractivity contribution is 7.89. The van der Waals surface area contributed by atoms with Gasteiger partial charge in [-0.05, 0) is 42.0 Å². The molecule has 2 aromatic carbocycles. The number of hydrogen-bond acceptors (Lipinski definition) is 4. The van der Waals surface area contributed by atoms with E-state index in [1.54, 1.807) is 12.1 Å². The number of sulfonamides is 1. The van der Waals surface area contributed by atoms with Crippen LogP contribution in [0.4, 0.5) is 0 Å². The van der Waals surface area contributed by atoms with Gasteiger partial charge >= 0.3 is 0 Å². The largest absolute Gasteiger partial charge is 0.484 e. The molecule has 128 valence electrons. The molecular formula is C15H14Cl2N2O4S. The van der Waals surface area contributed by atoms with Crippen molar-refractivity contribution in [2.75, 3.05) is 6.61 Å². The molecule has 0 aliphatic carbocycles. The monoisotopic (exact) mass is 388 g/mol. The first-order chi connectivity index (χ1) is 11.3. The zero-order chi connectivity index (χ0) is 17.7. The molecule has 2 rings (SSSR count). The summed E-state index contributed by atoms with van der Waals surface area (Å²) in [6.45, 7) is -0.252. The first kappa shape index (κ1) is 18.5. The summed E-state index contributed by atoms with van der Waals surface area (Å²) in [5.41, 5.74) is 5.57. The maximum atomic E-state index is 12.3. The average molecular weight is 389 g/mol. The molecule has 9 heteroatoms. The fraction of sp³-hybridized carbons (Fsp3) is 0.133. The highest BCUT2D eigenvalue weighted by atomic mass is 35.5. The minimum Gasteiger partial charge on any atom is -0.484 e. The number of ether oxygens (including phenoxy) is 1. The molecule has 0 spiro atoms. The van der Waals surface area contributed by atoms with Crippen LogP contribution in [-0.4, -0.2) is 20.9 Å². The summed E-state index contributed by atoms with van der Waals surface area (Å²) in [7, 11) is -3.72. The lowest BCUT2D eigenvalue weighted by molar-refractivity contribution is -0.119. The summed E-state index contributed by atoms with van der Waals surface area (Å²) in [5.74, 6) is -0.276. The Bertz CT molecular complexity index is 839. The SMILES string of the molecule is NC(=O)COc1ccc(S(=O)(=O)NCc2ccc(Cl)cc2Cl)cc1. The van der Waals surface area contributed by atoms with E-state index < -0.39 is 15.9 Å². The van der Waals surface area contributed by atoms with E-state index in [-0.39, 0.29) is 18.0 Å². The molecule has 0 saturated heterocycles. The molecule has 0 unspecified atom stereocenters. The van der Waals surface area contributed by atoms with Crippen molar-refractivity contribution in [3.05, 3.63) is 58.1 Å². The van der Waals surface area contributed by atoms with Gasteiger partial charge in [0.25, 0.3) is 5.91 Å². The maximum Gasteiger partial charge on any atom is 0.255 e. The number of rotatable bonds is 7. The van der Waals surface area contributed by atoms with Gasteiger partial charge in [0.2, 0.25) is 10.0 Å². The summed E-state index contributed by atoms with van der Waals surface area (Å²) in [6, 6.07) is 10.4. The standard InChI is InChI=1S/C15H14Cl2N2O4S/c16-11-2-1-10(14(17)7-11)8-19-24(21,22)13-5-3-12(4-6-13)23-9-15(18)20/h1-7,19H,8-9H2,(H2,18,20).